The van der Waals surface area contributed by atoms with Gasteiger partial charge in [-0.15, -0.1) is 12.4 Å². The van der Waals surface area contributed by atoms with E-state index in [0.717, 1.165) is 18.5 Å². The van der Waals surface area contributed by atoms with Crippen LogP contribution in [-0.4, -0.2) is 16.3 Å². The molecule has 0 atom stereocenters. The van der Waals surface area contributed by atoms with Crippen LogP contribution in [0.15, 0.2) is 42.7 Å². The molecule has 0 saturated carbocycles. The predicted molar refractivity (Wildman–Crippen MR) is 68.6 cm³/mol. The van der Waals surface area contributed by atoms with Crippen molar-refractivity contribution < 1.29 is 0 Å². The third kappa shape index (κ3) is 3.08. The number of hydrogen-bond donors (Lipinski definition) is 1. The van der Waals surface area contributed by atoms with Gasteiger partial charge in [-0.1, -0.05) is 30.3 Å². The number of benzene rings is 1. The zero-order valence-electron chi connectivity index (χ0n) is 9.04. The van der Waals surface area contributed by atoms with Crippen molar-refractivity contribution in [1.82, 2.24) is 9.78 Å². The number of nitrogens with two attached hydrogens (primary N) is 1. The van der Waals surface area contributed by atoms with Gasteiger partial charge in [0.2, 0.25) is 0 Å². The molecule has 1 aromatic heterocycles. The average molecular weight is 238 g/mol. The molecule has 0 aliphatic carbocycles. The third-order valence-corrected chi connectivity index (χ3v) is 2.33. The molecule has 2 N–H and O–H groups in total. The number of aryl methyl sites for hydroxylation is 1. The van der Waals surface area contributed by atoms with Crippen molar-refractivity contribution in [1.29, 1.82) is 0 Å². The first-order chi connectivity index (χ1) is 7.40. The summed E-state index contributed by atoms with van der Waals surface area (Å²) in [7, 11) is 0. The van der Waals surface area contributed by atoms with Gasteiger partial charge >= 0.3 is 0 Å². The Morgan fingerprint density at radius 3 is 2.56 bits per heavy atom. The number of nitrogens with zero attached hydrogens (tertiary/aromatic N) is 2. The minimum Gasteiger partial charge on any atom is -0.330 e. The largest absolute Gasteiger partial charge is 0.330 e. The Labute approximate surface area is 102 Å². The molecule has 0 aliphatic heterocycles. The molecule has 0 spiro atoms. The summed E-state index contributed by atoms with van der Waals surface area (Å²) in [6.07, 6.45) is 4.92. The van der Waals surface area contributed by atoms with Gasteiger partial charge in [-0.3, -0.25) is 4.68 Å². The summed E-state index contributed by atoms with van der Waals surface area (Å²) in [5.41, 5.74) is 7.82. The van der Waals surface area contributed by atoms with E-state index in [9.17, 15) is 0 Å². The predicted octanol–water partition coefficient (Wildman–Crippen LogP) is 2.32. The number of hydrogen-bond acceptors (Lipinski definition) is 2. The van der Waals surface area contributed by atoms with Crippen molar-refractivity contribution in [2.75, 3.05) is 6.54 Å². The summed E-state index contributed by atoms with van der Waals surface area (Å²) in [6.45, 7) is 1.60. The van der Waals surface area contributed by atoms with Crippen LogP contribution in [0.25, 0.3) is 11.1 Å². The highest BCUT2D eigenvalue weighted by Crippen LogP contribution is 2.17. The van der Waals surface area contributed by atoms with Crippen LogP contribution in [0.4, 0.5) is 0 Å². The Morgan fingerprint density at radius 2 is 1.88 bits per heavy atom. The van der Waals surface area contributed by atoms with Gasteiger partial charge in [-0.2, -0.15) is 5.10 Å². The van der Waals surface area contributed by atoms with Gasteiger partial charge < -0.3 is 5.73 Å². The first-order valence-electron chi connectivity index (χ1n) is 5.18. The zero-order valence-corrected chi connectivity index (χ0v) is 9.86. The maximum absolute atomic E-state index is 5.45. The van der Waals surface area contributed by atoms with Crippen LogP contribution in [0.2, 0.25) is 0 Å². The summed E-state index contributed by atoms with van der Waals surface area (Å²) in [6, 6.07) is 10.3. The lowest BCUT2D eigenvalue weighted by atomic mass is 10.1. The molecular formula is C12H16ClN3. The lowest BCUT2D eigenvalue weighted by Gasteiger charge is -1.98. The van der Waals surface area contributed by atoms with E-state index in [2.05, 4.69) is 23.4 Å². The Kier molecular flexibility index (Phi) is 5.02. The molecule has 1 heterocycles. The topological polar surface area (TPSA) is 43.8 Å². The first-order valence-corrected chi connectivity index (χ1v) is 5.18. The maximum Gasteiger partial charge on any atom is 0.0568 e. The van der Waals surface area contributed by atoms with Crippen LogP contribution >= 0.6 is 12.4 Å². The zero-order chi connectivity index (χ0) is 10.5. The van der Waals surface area contributed by atoms with E-state index in [4.69, 9.17) is 5.73 Å². The molecule has 0 amide bonds. The molecule has 4 heteroatoms. The van der Waals surface area contributed by atoms with Crippen LogP contribution in [0.3, 0.4) is 0 Å². The highest BCUT2D eigenvalue weighted by molar-refractivity contribution is 5.85. The van der Waals surface area contributed by atoms with Gasteiger partial charge in [0.25, 0.3) is 0 Å². The highest BCUT2D eigenvalue weighted by Gasteiger charge is 1.99. The summed E-state index contributed by atoms with van der Waals surface area (Å²) < 4.78 is 1.94. The number of halogens is 1. The Morgan fingerprint density at radius 1 is 1.12 bits per heavy atom. The minimum atomic E-state index is 0. The minimum absolute atomic E-state index is 0. The summed E-state index contributed by atoms with van der Waals surface area (Å²) in [4.78, 5) is 0. The summed E-state index contributed by atoms with van der Waals surface area (Å²) >= 11 is 0. The molecule has 1 aromatic carbocycles. The van der Waals surface area contributed by atoms with Crippen molar-refractivity contribution in [3.8, 4) is 11.1 Å². The Bertz CT molecular complexity index is 411. The molecule has 0 aliphatic rings. The molecular weight excluding hydrogens is 222 g/mol. The van der Waals surface area contributed by atoms with E-state index >= 15 is 0 Å². The fraction of sp³-hybridized carbons (Fsp3) is 0.250. The van der Waals surface area contributed by atoms with Gasteiger partial charge in [-0.05, 0) is 18.5 Å². The average Bonchev–Trinajstić information content (AvgIpc) is 2.76. The van der Waals surface area contributed by atoms with Crippen LogP contribution in [-0.2, 0) is 6.54 Å². The van der Waals surface area contributed by atoms with E-state index in [0.29, 0.717) is 6.54 Å². The van der Waals surface area contributed by atoms with Gasteiger partial charge in [0.1, 0.15) is 0 Å². The molecule has 0 fully saturated rings. The molecule has 16 heavy (non-hydrogen) atoms. The molecule has 2 aromatic rings. The highest BCUT2D eigenvalue weighted by atomic mass is 35.5. The van der Waals surface area contributed by atoms with Crippen molar-refractivity contribution in [2.24, 2.45) is 5.73 Å². The Hall–Kier alpha value is -1.32. The van der Waals surface area contributed by atoms with Crippen molar-refractivity contribution >= 4 is 12.4 Å². The fourth-order valence-corrected chi connectivity index (χ4v) is 1.52. The summed E-state index contributed by atoms with van der Waals surface area (Å²) in [5.74, 6) is 0. The van der Waals surface area contributed by atoms with Gasteiger partial charge in [0.15, 0.2) is 0 Å². The van der Waals surface area contributed by atoms with Crippen LogP contribution < -0.4 is 5.73 Å². The van der Waals surface area contributed by atoms with E-state index in [1.165, 1.54) is 5.56 Å². The standard InChI is InChI=1S/C12H15N3.ClH/c13-7-4-8-15-10-12(9-14-15)11-5-2-1-3-6-11;/h1-3,5-6,9-10H,4,7-8,13H2;1H. The second kappa shape index (κ2) is 6.30. The molecule has 0 bridgehead atoms. The third-order valence-electron chi connectivity index (χ3n) is 2.33. The second-order valence-corrected chi connectivity index (χ2v) is 3.50. The van der Waals surface area contributed by atoms with Crippen LogP contribution in [0.1, 0.15) is 6.42 Å². The lowest BCUT2D eigenvalue weighted by Crippen LogP contribution is -2.05. The van der Waals surface area contributed by atoms with E-state index < -0.39 is 0 Å². The van der Waals surface area contributed by atoms with Crippen molar-refractivity contribution in [2.45, 2.75) is 13.0 Å². The number of aromatic nitrogens is 2. The smallest absolute Gasteiger partial charge is 0.0568 e. The van der Waals surface area contributed by atoms with Gasteiger partial charge in [0.05, 0.1) is 6.20 Å². The van der Waals surface area contributed by atoms with E-state index in [-0.39, 0.29) is 12.4 Å². The maximum atomic E-state index is 5.45. The normalized spacial score (nSPS) is 9.81. The second-order valence-electron chi connectivity index (χ2n) is 3.50. The van der Waals surface area contributed by atoms with Crippen LogP contribution in [0.5, 0.6) is 0 Å². The number of rotatable bonds is 4. The van der Waals surface area contributed by atoms with Crippen molar-refractivity contribution in [3.63, 3.8) is 0 Å². The quantitative estimate of drug-likeness (QED) is 0.887. The van der Waals surface area contributed by atoms with E-state index in [1.807, 2.05) is 29.1 Å². The Balaban J connectivity index is 0.00000128. The van der Waals surface area contributed by atoms with Crippen LogP contribution in [0, 0.1) is 0 Å². The molecule has 3 nitrogen and oxygen atoms in total. The molecule has 0 radical (unpaired) electrons. The molecule has 0 saturated heterocycles. The first kappa shape index (κ1) is 12.7. The SMILES string of the molecule is Cl.NCCCn1cc(-c2ccccc2)cn1. The molecule has 2 rings (SSSR count). The van der Waals surface area contributed by atoms with Gasteiger partial charge in [-0.25, -0.2) is 0 Å². The molecule has 86 valence electrons. The fourth-order valence-electron chi connectivity index (χ4n) is 1.52. The van der Waals surface area contributed by atoms with Crippen molar-refractivity contribution in [3.05, 3.63) is 42.7 Å². The summed E-state index contributed by atoms with van der Waals surface area (Å²) in [5, 5.41) is 4.29. The molecule has 0 unspecified atom stereocenters. The van der Waals surface area contributed by atoms with Gasteiger partial charge in [0, 0.05) is 18.3 Å². The lowest BCUT2D eigenvalue weighted by molar-refractivity contribution is 0.585. The van der Waals surface area contributed by atoms with E-state index in [1.54, 1.807) is 0 Å². The monoisotopic (exact) mass is 237 g/mol.